The summed E-state index contributed by atoms with van der Waals surface area (Å²) < 4.78 is 1.30. The molecule has 0 bridgehead atoms. The van der Waals surface area contributed by atoms with Crippen LogP contribution in [0.2, 0.25) is 5.02 Å². The van der Waals surface area contributed by atoms with Crippen LogP contribution < -0.4 is 16.9 Å². The molecule has 35 heavy (non-hydrogen) atoms. The molecule has 0 radical (unpaired) electrons. The van der Waals surface area contributed by atoms with E-state index in [1.807, 2.05) is 6.92 Å². The van der Waals surface area contributed by atoms with Crippen LogP contribution in [0.3, 0.4) is 0 Å². The fourth-order valence-corrected chi connectivity index (χ4v) is 4.38. The van der Waals surface area contributed by atoms with Gasteiger partial charge in [0.25, 0.3) is 11.8 Å². The number of hydrogen-bond donors (Lipinski definition) is 3. The summed E-state index contributed by atoms with van der Waals surface area (Å²) >= 11 is 5.95. The highest BCUT2D eigenvalue weighted by Gasteiger charge is 2.31. The van der Waals surface area contributed by atoms with Crippen LogP contribution in [-0.4, -0.2) is 44.4 Å². The van der Waals surface area contributed by atoms with E-state index in [9.17, 15) is 9.59 Å². The quantitative estimate of drug-likeness (QED) is 0.358. The van der Waals surface area contributed by atoms with Gasteiger partial charge >= 0.3 is 0 Å². The maximum absolute atomic E-state index is 12.6. The molecule has 0 spiro atoms. The van der Waals surface area contributed by atoms with Crippen molar-refractivity contribution in [3.63, 3.8) is 0 Å². The first-order valence-corrected chi connectivity index (χ1v) is 11.6. The number of carbonyl (C=O) groups is 2. The second-order valence-electron chi connectivity index (χ2n) is 8.20. The monoisotopic (exact) mass is 491 g/mol. The number of nitrogen functional groups attached to an aromatic ring is 1. The predicted molar refractivity (Wildman–Crippen MR) is 135 cm³/mol. The van der Waals surface area contributed by atoms with Crippen molar-refractivity contribution in [3.05, 3.63) is 64.7 Å². The minimum atomic E-state index is -0.675. The van der Waals surface area contributed by atoms with Gasteiger partial charge in [-0.05, 0) is 50.6 Å². The van der Waals surface area contributed by atoms with E-state index in [1.54, 1.807) is 36.4 Å². The van der Waals surface area contributed by atoms with E-state index in [0.29, 0.717) is 40.0 Å². The van der Waals surface area contributed by atoms with Gasteiger partial charge in [0.2, 0.25) is 0 Å². The van der Waals surface area contributed by atoms with Crippen molar-refractivity contribution in [2.45, 2.75) is 32.2 Å². The number of imidazole rings is 1. The van der Waals surface area contributed by atoms with Crippen molar-refractivity contribution in [1.82, 2.24) is 19.5 Å². The zero-order chi connectivity index (χ0) is 24.9. The molecule has 3 aromatic rings. The highest BCUT2D eigenvalue weighted by Crippen LogP contribution is 2.33. The summed E-state index contributed by atoms with van der Waals surface area (Å²) in [6.45, 7) is 3.28. The fraction of sp³-hybridized carbons (Fsp3) is 0.280. The lowest BCUT2D eigenvalue weighted by atomic mass is 10.0. The molecule has 9 nitrogen and oxygen atoms in total. The summed E-state index contributed by atoms with van der Waals surface area (Å²) in [7, 11) is 0. The van der Waals surface area contributed by atoms with E-state index in [2.05, 4.69) is 27.0 Å². The van der Waals surface area contributed by atoms with Crippen molar-refractivity contribution in [2.75, 3.05) is 24.2 Å². The van der Waals surface area contributed by atoms with E-state index >= 15 is 0 Å². The Hall–Kier alpha value is -3.87. The zero-order valence-electron chi connectivity index (χ0n) is 19.3. The van der Waals surface area contributed by atoms with Crippen LogP contribution >= 0.6 is 11.6 Å². The Balaban J connectivity index is 1.63. The van der Waals surface area contributed by atoms with Crippen molar-refractivity contribution in [1.29, 1.82) is 0 Å². The number of pyridine rings is 1. The third-order valence-electron chi connectivity index (χ3n) is 5.93. The Morgan fingerprint density at radius 2 is 2.00 bits per heavy atom. The van der Waals surface area contributed by atoms with Crippen molar-refractivity contribution >= 4 is 29.2 Å². The van der Waals surface area contributed by atoms with E-state index in [-0.39, 0.29) is 17.6 Å². The number of halogens is 1. The van der Waals surface area contributed by atoms with Crippen LogP contribution in [0.1, 0.15) is 58.9 Å². The number of amides is 2. The summed E-state index contributed by atoms with van der Waals surface area (Å²) in [4.78, 5) is 36.0. The normalized spacial score (nSPS) is 15.8. The van der Waals surface area contributed by atoms with Gasteiger partial charge < -0.3 is 16.9 Å². The maximum Gasteiger partial charge on any atom is 0.269 e. The van der Waals surface area contributed by atoms with Crippen molar-refractivity contribution in [3.8, 4) is 23.1 Å². The van der Waals surface area contributed by atoms with E-state index in [1.165, 1.54) is 10.9 Å². The minimum absolute atomic E-state index is 0.0725. The van der Waals surface area contributed by atoms with Gasteiger partial charge in [0.05, 0.1) is 12.6 Å². The van der Waals surface area contributed by atoms with Gasteiger partial charge in [-0.3, -0.25) is 14.5 Å². The number of anilines is 1. The number of nitrogens with one attached hydrogen (secondary N) is 1. The average Bonchev–Trinajstić information content (AvgIpc) is 3.20. The Morgan fingerprint density at radius 3 is 2.69 bits per heavy atom. The van der Waals surface area contributed by atoms with Crippen LogP contribution in [0.25, 0.3) is 11.3 Å². The number of primary amides is 1. The van der Waals surface area contributed by atoms with Gasteiger partial charge in [-0.15, -0.1) is 5.92 Å². The molecule has 1 unspecified atom stereocenters. The molecule has 1 aliphatic rings. The molecule has 1 aliphatic heterocycles. The third-order valence-corrected chi connectivity index (χ3v) is 6.16. The number of likely N-dealkylation sites (tertiary alicyclic amines) is 1. The van der Waals surface area contributed by atoms with E-state index in [4.69, 9.17) is 28.2 Å². The van der Waals surface area contributed by atoms with Crippen LogP contribution in [0.15, 0.2) is 42.6 Å². The Kier molecular flexibility index (Phi) is 7.34. The average molecular weight is 492 g/mol. The number of hydrogen-bond acceptors (Lipinski definition) is 6. The molecular weight excluding hydrogens is 466 g/mol. The maximum atomic E-state index is 12.6. The first-order chi connectivity index (χ1) is 16.9. The van der Waals surface area contributed by atoms with E-state index < -0.39 is 5.91 Å². The SMILES string of the molecule is CC#CCN1CCCCC1c1nc(-c2ccc(C(=O)Nc3cc(Cl)ccn3)cc2)c(C(N)=O)n1N. The molecule has 1 fully saturated rings. The number of piperidine rings is 1. The van der Waals surface area contributed by atoms with Gasteiger partial charge in [0.15, 0.2) is 5.69 Å². The number of aromatic nitrogens is 3. The minimum Gasteiger partial charge on any atom is -0.364 e. The number of nitrogens with two attached hydrogens (primary N) is 2. The molecule has 180 valence electrons. The lowest BCUT2D eigenvalue weighted by Crippen LogP contribution is -2.37. The molecular formula is C25H26ClN7O2. The van der Waals surface area contributed by atoms with Gasteiger partial charge in [0.1, 0.15) is 17.3 Å². The largest absolute Gasteiger partial charge is 0.364 e. The van der Waals surface area contributed by atoms with Crippen molar-refractivity contribution in [2.24, 2.45) is 5.73 Å². The Labute approximate surface area is 208 Å². The number of rotatable bonds is 6. The van der Waals surface area contributed by atoms with Gasteiger partial charge in [-0.25, -0.2) is 14.6 Å². The van der Waals surface area contributed by atoms with Crippen LogP contribution in [0, 0.1) is 11.8 Å². The molecule has 2 amide bonds. The zero-order valence-corrected chi connectivity index (χ0v) is 20.0. The molecule has 2 aromatic heterocycles. The van der Waals surface area contributed by atoms with E-state index in [0.717, 1.165) is 25.8 Å². The molecule has 1 atom stereocenters. The topological polar surface area (TPSA) is 132 Å². The van der Waals surface area contributed by atoms with Crippen LogP contribution in [-0.2, 0) is 0 Å². The highest BCUT2D eigenvalue weighted by molar-refractivity contribution is 6.30. The van der Waals surface area contributed by atoms with Crippen LogP contribution in [0.5, 0.6) is 0 Å². The molecule has 10 heteroatoms. The standard InChI is InChI=1S/C25H26ClN7O2/c1-2-3-13-32-14-5-4-6-19(32)24-31-21(22(23(27)34)33(24)28)16-7-9-17(10-8-16)25(35)30-20-15-18(26)11-12-29-20/h7-12,15,19H,4-6,13-14,28H2,1H3,(H2,27,34)(H,29,30,35). The first kappa shape index (κ1) is 24.3. The summed E-state index contributed by atoms with van der Waals surface area (Å²) in [5.41, 5.74) is 7.21. The fourth-order valence-electron chi connectivity index (χ4n) is 4.22. The molecule has 1 aromatic carbocycles. The smallest absolute Gasteiger partial charge is 0.269 e. The van der Waals surface area contributed by atoms with Gasteiger partial charge in [0, 0.05) is 22.3 Å². The molecule has 5 N–H and O–H groups in total. The summed E-state index contributed by atoms with van der Waals surface area (Å²) in [5.74, 6) is 12.3. The second-order valence-corrected chi connectivity index (χ2v) is 8.64. The lowest BCUT2D eigenvalue weighted by Gasteiger charge is -2.33. The molecule has 4 rings (SSSR count). The van der Waals surface area contributed by atoms with Crippen molar-refractivity contribution < 1.29 is 9.59 Å². The lowest BCUT2D eigenvalue weighted by molar-refractivity contribution is 0.0990. The predicted octanol–water partition coefficient (Wildman–Crippen LogP) is 3.21. The summed E-state index contributed by atoms with van der Waals surface area (Å²) in [6.07, 6.45) is 4.46. The molecule has 1 saturated heterocycles. The summed E-state index contributed by atoms with van der Waals surface area (Å²) in [5, 5.41) is 3.17. The highest BCUT2D eigenvalue weighted by atomic mass is 35.5. The van der Waals surface area contributed by atoms with Gasteiger partial charge in [-0.1, -0.05) is 36.1 Å². The second kappa shape index (κ2) is 10.6. The Morgan fingerprint density at radius 1 is 1.23 bits per heavy atom. The molecule has 0 saturated carbocycles. The van der Waals surface area contributed by atoms with Crippen LogP contribution in [0.4, 0.5) is 5.82 Å². The number of carbonyl (C=O) groups excluding carboxylic acids is 2. The Bertz CT molecular complexity index is 1310. The third kappa shape index (κ3) is 5.29. The number of nitrogens with zero attached hydrogens (tertiary/aromatic N) is 4. The van der Waals surface area contributed by atoms with Gasteiger partial charge in [-0.2, -0.15) is 0 Å². The first-order valence-electron chi connectivity index (χ1n) is 11.2. The number of benzene rings is 1. The summed E-state index contributed by atoms with van der Waals surface area (Å²) in [6, 6.07) is 9.80. The molecule has 3 heterocycles. The molecule has 0 aliphatic carbocycles.